The SMILES string of the molecule is CC(C)(C)c1ccc(OCCNC(=O)CNCC2CC2)cc1.Cl. The van der Waals surface area contributed by atoms with Crippen LogP contribution in [-0.4, -0.2) is 32.1 Å². The maximum atomic E-state index is 11.6. The van der Waals surface area contributed by atoms with Crippen LogP contribution in [0.1, 0.15) is 39.2 Å². The first-order valence-electron chi connectivity index (χ1n) is 8.16. The average molecular weight is 341 g/mol. The summed E-state index contributed by atoms with van der Waals surface area (Å²) in [5.74, 6) is 1.67. The second-order valence-corrected chi connectivity index (χ2v) is 7.05. The zero-order valence-electron chi connectivity index (χ0n) is 14.4. The summed E-state index contributed by atoms with van der Waals surface area (Å²) in [5, 5.41) is 6.03. The number of carbonyl (C=O) groups is 1. The van der Waals surface area contributed by atoms with Crippen LogP contribution in [0.5, 0.6) is 5.75 Å². The Bertz CT molecular complexity index is 479. The lowest BCUT2D eigenvalue weighted by Gasteiger charge is -2.19. The van der Waals surface area contributed by atoms with E-state index < -0.39 is 0 Å². The molecule has 1 amide bonds. The van der Waals surface area contributed by atoms with Crippen molar-refractivity contribution >= 4 is 18.3 Å². The molecule has 0 heterocycles. The van der Waals surface area contributed by atoms with Crippen LogP contribution in [0.25, 0.3) is 0 Å². The predicted molar refractivity (Wildman–Crippen MR) is 96.5 cm³/mol. The molecule has 4 nitrogen and oxygen atoms in total. The van der Waals surface area contributed by atoms with Crippen molar-refractivity contribution in [1.82, 2.24) is 10.6 Å². The standard InChI is InChI=1S/C18H28N2O2.ClH/c1-18(2,3)15-6-8-16(9-7-15)22-11-10-20-17(21)13-19-12-14-4-5-14;/h6-9,14,19H,4-5,10-13H2,1-3H3,(H,20,21);1H. The Balaban J connectivity index is 0.00000264. The third-order valence-corrected chi connectivity index (χ3v) is 3.83. The smallest absolute Gasteiger partial charge is 0.234 e. The van der Waals surface area contributed by atoms with E-state index in [0.29, 0.717) is 19.7 Å². The number of amides is 1. The summed E-state index contributed by atoms with van der Waals surface area (Å²) in [7, 11) is 0. The zero-order chi connectivity index (χ0) is 16.0. The van der Waals surface area contributed by atoms with Gasteiger partial charge in [-0.05, 0) is 48.4 Å². The Morgan fingerprint density at radius 1 is 1.22 bits per heavy atom. The summed E-state index contributed by atoms with van der Waals surface area (Å²) in [5.41, 5.74) is 1.44. The second-order valence-electron chi connectivity index (χ2n) is 7.05. The molecule has 0 unspecified atom stereocenters. The van der Waals surface area contributed by atoms with Crippen molar-refractivity contribution in [3.05, 3.63) is 29.8 Å². The quantitative estimate of drug-likeness (QED) is 0.715. The molecule has 130 valence electrons. The molecule has 0 radical (unpaired) electrons. The molecular formula is C18H29ClN2O2. The summed E-state index contributed by atoms with van der Waals surface area (Å²) < 4.78 is 5.64. The lowest BCUT2D eigenvalue weighted by atomic mass is 9.87. The van der Waals surface area contributed by atoms with Gasteiger partial charge >= 0.3 is 0 Å². The van der Waals surface area contributed by atoms with Gasteiger partial charge in [-0.1, -0.05) is 32.9 Å². The van der Waals surface area contributed by atoms with Gasteiger partial charge in [-0.3, -0.25) is 4.79 Å². The van der Waals surface area contributed by atoms with Crippen molar-refractivity contribution in [3.8, 4) is 5.75 Å². The highest BCUT2D eigenvalue weighted by Gasteiger charge is 2.20. The van der Waals surface area contributed by atoms with Crippen molar-refractivity contribution in [2.45, 2.75) is 39.0 Å². The molecule has 5 heteroatoms. The van der Waals surface area contributed by atoms with E-state index in [1.807, 2.05) is 12.1 Å². The first-order chi connectivity index (χ1) is 10.4. The van der Waals surface area contributed by atoms with E-state index in [9.17, 15) is 4.79 Å². The molecular weight excluding hydrogens is 312 g/mol. The average Bonchev–Trinajstić information content (AvgIpc) is 3.27. The molecule has 1 aromatic rings. The Hall–Kier alpha value is -1.26. The molecule has 0 atom stereocenters. The Morgan fingerprint density at radius 2 is 1.87 bits per heavy atom. The van der Waals surface area contributed by atoms with E-state index in [4.69, 9.17) is 4.74 Å². The minimum absolute atomic E-state index is 0. The van der Waals surface area contributed by atoms with Gasteiger partial charge in [0.15, 0.2) is 0 Å². The largest absolute Gasteiger partial charge is 0.492 e. The first kappa shape index (κ1) is 19.8. The van der Waals surface area contributed by atoms with E-state index >= 15 is 0 Å². The topological polar surface area (TPSA) is 50.4 Å². The Kier molecular flexibility index (Phi) is 7.86. The van der Waals surface area contributed by atoms with E-state index in [-0.39, 0.29) is 23.7 Å². The molecule has 1 fully saturated rings. The maximum Gasteiger partial charge on any atom is 0.234 e. The number of nitrogens with one attached hydrogen (secondary N) is 2. The molecule has 1 aliphatic rings. The first-order valence-corrected chi connectivity index (χ1v) is 8.16. The lowest BCUT2D eigenvalue weighted by molar-refractivity contribution is -0.120. The van der Waals surface area contributed by atoms with Gasteiger partial charge in [-0.15, -0.1) is 12.4 Å². The van der Waals surface area contributed by atoms with Crippen LogP contribution in [0.15, 0.2) is 24.3 Å². The molecule has 2 N–H and O–H groups in total. The summed E-state index contributed by atoms with van der Waals surface area (Å²) >= 11 is 0. The summed E-state index contributed by atoms with van der Waals surface area (Å²) in [6.45, 7) is 8.95. The fourth-order valence-electron chi connectivity index (χ4n) is 2.18. The van der Waals surface area contributed by atoms with Gasteiger partial charge in [0.05, 0.1) is 13.1 Å². The lowest BCUT2D eigenvalue weighted by Crippen LogP contribution is -2.36. The van der Waals surface area contributed by atoms with Crippen LogP contribution in [0.3, 0.4) is 0 Å². The van der Waals surface area contributed by atoms with Gasteiger partial charge in [0.1, 0.15) is 12.4 Å². The van der Waals surface area contributed by atoms with E-state index in [2.05, 4.69) is 43.5 Å². The number of ether oxygens (including phenoxy) is 1. The van der Waals surface area contributed by atoms with Gasteiger partial charge in [0, 0.05) is 0 Å². The van der Waals surface area contributed by atoms with Crippen molar-refractivity contribution < 1.29 is 9.53 Å². The highest BCUT2D eigenvalue weighted by atomic mass is 35.5. The van der Waals surface area contributed by atoms with Gasteiger partial charge in [0.2, 0.25) is 5.91 Å². The predicted octanol–water partition coefficient (Wildman–Crippen LogP) is 2.90. The minimum Gasteiger partial charge on any atom is -0.492 e. The highest BCUT2D eigenvalue weighted by Crippen LogP contribution is 2.27. The second kappa shape index (κ2) is 9.14. The van der Waals surface area contributed by atoms with Gasteiger partial charge in [-0.25, -0.2) is 0 Å². The normalized spacial score (nSPS) is 14.0. The van der Waals surface area contributed by atoms with Crippen molar-refractivity contribution in [1.29, 1.82) is 0 Å². The zero-order valence-corrected chi connectivity index (χ0v) is 15.2. The molecule has 2 rings (SSSR count). The third kappa shape index (κ3) is 7.71. The van der Waals surface area contributed by atoms with E-state index in [1.54, 1.807) is 0 Å². The Morgan fingerprint density at radius 3 is 2.43 bits per heavy atom. The molecule has 1 saturated carbocycles. The summed E-state index contributed by atoms with van der Waals surface area (Å²) in [6.07, 6.45) is 2.60. The molecule has 1 aliphatic carbocycles. The molecule has 0 bridgehead atoms. The van der Waals surface area contributed by atoms with Gasteiger partial charge < -0.3 is 15.4 Å². The number of rotatable bonds is 8. The molecule has 0 saturated heterocycles. The van der Waals surface area contributed by atoms with Crippen LogP contribution in [0.4, 0.5) is 0 Å². The fourth-order valence-corrected chi connectivity index (χ4v) is 2.18. The number of carbonyl (C=O) groups excluding carboxylic acids is 1. The number of hydrogen-bond donors (Lipinski definition) is 2. The minimum atomic E-state index is 0. The van der Waals surface area contributed by atoms with Crippen LogP contribution in [0, 0.1) is 5.92 Å². The fraction of sp³-hybridized carbons (Fsp3) is 0.611. The number of halogens is 1. The molecule has 0 spiro atoms. The monoisotopic (exact) mass is 340 g/mol. The van der Waals surface area contributed by atoms with Crippen LogP contribution < -0.4 is 15.4 Å². The van der Waals surface area contributed by atoms with Crippen molar-refractivity contribution in [3.63, 3.8) is 0 Å². The van der Waals surface area contributed by atoms with E-state index in [1.165, 1.54) is 18.4 Å². The molecule has 1 aromatic carbocycles. The van der Waals surface area contributed by atoms with E-state index in [0.717, 1.165) is 18.2 Å². The number of benzene rings is 1. The Labute approximate surface area is 145 Å². The van der Waals surface area contributed by atoms with Crippen molar-refractivity contribution in [2.75, 3.05) is 26.2 Å². The van der Waals surface area contributed by atoms with Crippen LogP contribution in [0.2, 0.25) is 0 Å². The highest BCUT2D eigenvalue weighted by molar-refractivity contribution is 5.85. The van der Waals surface area contributed by atoms with Crippen LogP contribution >= 0.6 is 12.4 Å². The summed E-state index contributed by atoms with van der Waals surface area (Å²) in [6, 6.07) is 8.16. The number of hydrogen-bond acceptors (Lipinski definition) is 3. The summed E-state index contributed by atoms with van der Waals surface area (Å²) in [4.78, 5) is 11.6. The van der Waals surface area contributed by atoms with Gasteiger partial charge in [0.25, 0.3) is 0 Å². The molecule has 23 heavy (non-hydrogen) atoms. The third-order valence-electron chi connectivity index (χ3n) is 3.83. The van der Waals surface area contributed by atoms with Gasteiger partial charge in [-0.2, -0.15) is 0 Å². The van der Waals surface area contributed by atoms with Crippen LogP contribution in [-0.2, 0) is 10.2 Å². The molecule has 0 aliphatic heterocycles. The van der Waals surface area contributed by atoms with Crippen molar-refractivity contribution in [2.24, 2.45) is 5.92 Å². The maximum absolute atomic E-state index is 11.6. The molecule has 0 aromatic heterocycles.